The summed E-state index contributed by atoms with van der Waals surface area (Å²) in [6.07, 6.45) is 5.76. The molecule has 0 aromatic carbocycles. The lowest BCUT2D eigenvalue weighted by Gasteiger charge is -2.39. The van der Waals surface area contributed by atoms with E-state index in [0.717, 1.165) is 25.7 Å². The molecule has 4 nitrogen and oxygen atoms in total. The summed E-state index contributed by atoms with van der Waals surface area (Å²) in [4.78, 5) is 23.2. The van der Waals surface area contributed by atoms with Crippen LogP contribution in [-0.2, 0) is 19.1 Å². The van der Waals surface area contributed by atoms with Crippen molar-refractivity contribution in [2.45, 2.75) is 78.4 Å². The minimum Gasteiger partial charge on any atom is -0.459 e. The Bertz CT molecular complexity index is 521. The maximum Gasteiger partial charge on any atom is 0.303 e. The molecule has 4 atom stereocenters. The first kappa shape index (κ1) is 18.0. The summed E-state index contributed by atoms with van der Waals surface area (Å²) in [5, 5.41) is 0. The first-order valence-electron chi connectivity index (χ1n) is 8.67. The summed E-state index contributed by atoms with van der Waals surface area (Å²) in [5.74, 6) is 0.242. The standard InChI is InChI=1S/C19H30O4/c1-12(2)15-7-9-18(5,22-13(3)20)16-8-10-19(6,17(16)11-15)23-14(4)21/h11-12,16-17H,7-10H2,1-6H3/t16?,17-,18+,19-/m0/s1. The fourth-order valence-corrected chi connectivity index (χ4v) is 4.47. The molecule has 4 heteroatoms. The van der Waals surface area contributed by atoms with Gasteiger partial charge in [-0.3, -0.25) is 9.59 Å². The van der Waals surface area contributed by atoms with Crippen LogP contribution < -0.4 is 0 Å². The second-order valence-electron chi connectivity index (χ2n) is 7.88. The Kier molecular flexibility index (Phi) is 4.93. The fourth-order valence-electron chi connectivity index (χ4n) is 4.47. The molecule has 23 heavy (non-hydrogen) atoms. The van der Waals surface area contributed by atoms with Crippen molar-refractivity contribution >= 4 is 11.9 Å². The lowest BCUT2D eigenvalue weighted by molar-refractivity contribution is -0.169. The van der Waals surface area contributed by atoms with Crippen molar-refractivity contribution < 1.29 is 19.1 Å². The molecule has 0 spiro atoms. The third-order valence-corrected chi connectivity index (χ3v) is 5.67. The number of hydrogen-bond acceptors (Lipinski definition) is 4. The van der Waals surface area contributed by atoms with Crippen molar-refractivity contribution in [1.82, 2.24) is 0 Å². The van der Waals surface area contributed by atoms with Gasteiger partial charge in [0.05, 0.1) is 0 Å². The highest BCUT2D eigenvalue weighted by Gasteiger charge is 2.55. The van der Waals surface area contributed by atoms with Gasteiger partial charge in [0.1, 0.15) is 11.2 Å². The molecule has 2 aliphatic carbocycles. The molecule has 0 aromatic heterocycles. The van der Waals surface area contributed by atoms with Crippen LogP contribution in [-0.4, -0.2) is 23.1 Å². The molecule has 1 unspecified atom stereocenters. The molecule has 0 saturated heterocycles. The molecule has 0 aromatic rings. The van der Waals surface area contributed by atoms with E-state index in [2.05, 4.69) is 19.9 Å². The van der Waals surface area contributed by atoms with Crippen LogP contribution in [0.1, 0.15) is 67.2 Å². The Morgan fingerprint density at radius 2 is 1.65 bits per heavy atom. The highest BCUT2D eigenvalue weighted by atomic mass is 16.6. The lowest BCUT2D eigenvalue weighted by atomic mass is 9.77. The second-order valence-corrected chi connectivity index (χ2v) is 7.88. The van der Waals surface area contributed by atoms with Crippen molar-refractivity contribution in [2.75, 3.05) is 0 Å². The van der Waals surface area contributed by atoms with Crippen molar-refractivity contribution in [3.63, 3.8) is 0 Å². The molecule has 0 radical (unpaired) electrons. The molecular weight excluding hydrogens is 292 g/mol. The molecule has 0 N–H and O–H groups in total. The van der Waals surface area contributed by atoms with E-state index in [9.17, 15) is 9.59 Å². The minimum atomic E-state index is -0.512. The smallest absolute Gasteiger partial charge is 0.303 e. The number of carbonyl (C=O) groups excluding carboxylic acids is 2. The van der Waals surface area contributed by atoms with Crippen molar-refractivity contribution in [1.29, 1.82) is 0 Å². The lowest BCUT2D eigenvalue weighted by Crippen LogP contribution is -2.44. The van der Waals surface area contributed by atoms with E-state index in [-0.39, 0.29) is 23.8 Å². The van der Waals surface area contributed by atoms with Gasteiger partial charge in [-0.15, -0.1) is 0 Å². The summed E-state index contributed by atoms with van der Waals surface area (Å²) in [6, 6.07) is 0. The minimum absolute atomic E-state index is 0.0932. The number of esters is 2. The zero-order valence-electron chi connectivity index (χ0n) is 15.3. The van der Waals surface area contributed by atoms with Crippen LogP contribution >= 0.6 is 0 Å². The van der Waals surface area contributed by atoms with Gasteiger partial charge in [-0.05, 0) is 45.4 Å². The number of carbonyl (C=O) groups is 2. The molecule has 2 rings (SSSR count). The van der Waals surface area contributed by atoms with E-state index in [0.29, 0.717) is 5.92 Å². The molecule has 130 valence electrons. The van der Waals surface area contributed by atoms with Crippen LogP contribution in [0, 0.1) is 17.8 Å². The second kappa shape index (κ2) is 6.29. The summed E-state index contributed by atoms with van der Waals surface area (Å²) < 4.78 is 11.5. The van der Waals surface area contributed by atoms with E-state index in [1.807, 2.05) is 13.8 Å². The van der Waals surface area contributed by atoms with Crippen LogP contribution in [0.2, 0.25) is 0 Å². The number of ether oxygens (including phenoxy) is 2. The van der Waals surface area contributed by atoms with Gasteiger partial charge in [0.25, 0.3) is 0 Å². The summed E-state index contributed by atoms with van der Waals surface area (Å²) >= 11 is 0. The monoisotopic (exact) mass is 322 g/mol. The van der Waals surface area contributed by atoms with Gasteiger partial charge in [-0.2, -0.15) is 0 Å². The van der Waals surface area contributed by atoms with Gasteiger partial charge in [0.15, 0.2) is 0 Å². The Balaban J connectivity index is 2.43. The number of hydrogen-bond donors (Lipinski definition) is 0. The Morgan fingerprint density at radius 3 is 2.17 bits per heavy atom. The largest absolute Gasteiger partial charge is 0.459 e. The van der Waals surface area contributed by atoms with Gasteiger partial charge >= 0.3 is 11.9 Å². The highest BCUT2D eigenvalue weighted by Crippen LogP contribution is 2.53. The third kappa shape index (κ3) is 3.61. The molecule has 2 aliphatic rings. The number of allylic oxidation sites excluding steroid dienone is 1. The molecule has 0 aliphatic heterocycles. The van der Waals surface area contributed by atoms with Crippen LogP contribution in [0.25, 0.3) is 0 Å². The summed E-state index contributed by atoms with van der Waals surface area (Å²) in [5.41, 5.74) is 0.361. The van der Waals surface area contributed by atoms with Crippen molar-refractivity contribution in [3.05, 3.63) is 11.6 Å². The summed E-state index contributed by atoms with van der Waals surface area (Å²) in [6.45, 7) is 11.4. The predicted octanol–water partition coefficient (Wildman–Crippen LogP) is 4.03. The predicted molar refractivity (Wildman–Crippen MR) is 88.7 cm³/mol. The van der Waals surface area contributed by atoms with Crippen LogP contribution in [0.15, 0.2) is 11.6 Å². The van der Waals surface area contributed by atoms with Gasteiger partial charge in [0.2, 0.25) is 0 Å². The van der Waals surface area contributed by atoms with Gasteiger partial charge in [-0.25, -0.2) is 0 Å². The molecule has 0 heterocycles. The summed E-state index contributed by atoms with van der Waals surface area (Å²) in [7, 11) is 0. The van der Waals surface area contributed by atoms with Crippen LogP contribution in [0.3, 0.4) is 0 Å². The Morgan fingerprint density at radius 1 is 1.09 bits per heavy atom. The topological polar surface area (TPSA) is 52.6 Å². The van der Waals surface area contributed by atoms with Crippen LogP contribution in [0.5, 0.6) is 0 Å². The first-order valence-corrected chi connectivity index (χ1v) is 8.67. The Hall–Kier alpha value is -1.32. The van der Waals surface area contributed by atoms with Crippen molar-refractivity contribution in [2.24, 2.45) is 17.8 Å². The average molecular weight is 322 g/mol. The molecular formula is C19H30O4. The normalized spacial score (nSPS) is 36.9. The Labute approximate surface area is 139 Å². The van der Waals surface area contributed by atoms with E-state index in [1.54, 1.807) is 0 Å². The molecule has 0 amide bonds. The molecule has 1 saturated carbocycles. The number of fused-ring (bicyclic) bond motifs is 1. The van der Waals surface area contributed by atoms with Crippen molar-refractivity contribution in [3.8, 4) is 0 Å². The molecule has 0 bridgehead atoms. The van der Waals surface area contributed by atoms with Gasteiger partial charge in [-0.1, -0.05) is 25.5 Å². The fraction of sp³-hybridized carbons (Fsp3) is 0.789. The maximum atomic E-state index is 11.6. The quantitative estimate of drug-likeness (QED) is 0.581. The van der Waals surface area contributed by atoms with Gasteiger partial charge in [0, 0.05) is 25.7 Å². The van der Waals surface area contributed by atoms with Gasteiger partial charge < -0.3 is 9.47 Å². The van der Waals surface area contributed by atoms with E-state index < -0.39 is 11.2 Å². The van der Waals surface area contributed by atoms with E-state index in [4.69, 9.17) is 9.47 Å². The SMILES string of the molecule is CC(=O)O[C@]1(C)CCC(C(C)C)=C[C@H]2C1CC[C@]2(C)OC(C)=O. The zero-order valence-corrected chi connectivity index (χ0v) is 15.3. The molecule has 1 fully saturated rings. The highest BCUT2D eigenvalue weighted by molar-refractivity contribution is 5.67. The first-order chi connectivity index (χ1) is 10.6. The maximum absolute atomic E-state index is 11.6. The third-order valence-electron chi connectivity index (χ3n) is 5.67. The number of rotatable bonds is 3. The van der Waals surface area contributed by atoms with E-state index >= 15 is 0 Å². The van der Waals surface area contributed by atoms with E-state index in [1.165, 1.54) is 19.4 Å². The zero-order chi connectivity index (χ0) is 17.4. The average Bonchev–Trinajstić information content (AvgIpc) is 2.60. The van der Waals surface area contributed by atoms with Crippen LogP contribution in [0.4, 0.5) is 0 Å².